The number of rotatable bonds is 10. The van der Waals surface area contributed by atoms with Gasteiger partial charge in [-0.2, -0.15) is 0 Å². The number of sulfonamides is 1. The van der Waals surface area contributed by atoms with E-state index in [0.29, 0.717) is 23.2 Å². The van der Waals surface area contributed by atoms with E-state index in [1.54, 1.807) is 23.0 Å². The molecule has 184 valence electrons. The Morgan fingerprint density at radius 2 is 1.92 bits per heavy atom. The summed E-state index contributed by atoms with van der Waals surface area (Å²) in [5, 5.41) is 15.9. The second-order valence-electron chi connectivity index (χ2n) is 7.25. The number of thiophene rings is 1. The van der Waals surface area contributed by atoms with Gasteiger partial charge in [0.15, 0.2) is 16.1 Å². The summed E-state index contributed by atoms with van der Waals surface area (Å²) in [6.45, 7) is 0.433. The van der Waals surface area contributed by atoms with Crippen molar-refractivity contribution < 1.29 is 17.6 Å². The molecule has 1 aromatic carbocycles. The summed E-state index contributed by atoms with van der Waals surface area (Å²) < 4.78 is 34.8. The van der Waals surface area contributed by atoms with E-state index in [2.05, 4.69) is 25.2 Å². The lowest BCUT2D eigenvalue weighted by molar-refractivity contribution is -0.113. The first-order valence-electron chi connectivity index (χ1n) is 10.4. The van der Waals surface area contributed by atoms with Crippen LogP contribution in [0.4, 0.5) is 10.8 Å². The molecule has 4 aromatic heterocycles. The molecule has 36 heavy (non-hydrogen) atoms. The SMILES string of the molecule is O=C(CSc1nnc(-c2cccs2)n1Cc1ccco1)Nc1ccc(S(=O)(=O)Nc2nccs2)cc1. The monoisotopic (exact) mass is 558 g/mol. The molecule has 0 saturated carbocycles. The molecule has 4 heterocycles. The van der Waals surface area contributed by atoms with Crippen molar-refractivity contribution in [3.63, 3.8) is 0 Å². The minimum Gasteiger partial charge on any atom is -0.467 e. The number of anilines is 2. The number of carbonyl (C=O) groups excluding carboxylic acids is 1. The minimum absolute atomic E-state index is 0.0669. The molecule has 5 aromatic rings. The molecule has 1 amide bonds. The molecule has 0 aliphatic carbocycles. The number of thiazole rings is 1. The zero-order chi connectivity index (χ0) is 25.0. The summed E-state index contributed by atoms with van der Waals surface area (Å²) >= 11 is 3.99. The van der Waals surface area contributed by atoms with Gasteiger partial charge in [0.25, 0.3) is 10.0 Å². The van der Waals surface area contributed by atoms with Gasteiger partial charge in [-0.25, -0.2) is 13.4 Å². The van der Waals surface area contributed by atoms with Crippen LogP contribution in [0.2, 0.25) is 0 Å². The van der Waals surface area contributed by atoms with Crippen LogP contribution >= 0.6 is 34.4 Å². The standard InChI is InChI=1S/C22H18N6O4S4/c29-19(24-15-5-7-17(8-6-15)36(30,31)27-21-23-9-12-34-21)14-35-22-26-25-20(18-4-2-11-33-18)28(22)13-16-3-1-10-32-16/h1-12H,13-14H2,(H,23,27)(H,24,29). The number of amides is 1. The van der Waals surface area contributed by atoms with E-state index in [0.717, 1.165) is 10.6 Å². The molecular weight excluding hydrogens is 541 g/mol. The Kier molecular flexibility index (Phi) is 7.18. The lowest BCUT2D eigenvalue weighted by Crippen LogP contribution is -2.15. The summed E-state index contributed by atoms with van der Waals surface area (Å²) in [6.07, 6.45) is 3.12. The number of carbonyl (C=O) groups is 1. The largest absolute Gasteiger partial charge is 0.467 e. The highest BCUT2D eigenvalue weighted by Crippen LogP contribution is 2.28. The molecule has 0 fully saturated rings. The van der Waals surface area contributed by atoms with Gasteiger partial charge in [-0.3, -0.25) is 14.1 Å². The van der Waals surface area contributed by atoms with Crippen LogP contribution in [-0.2, 0) is 21.4 Å². The number of furan rings is 1. The van der Waals surface area contributed by atoms with E-state index < -0.39 is 10.0 Å². The van der Waals surface area contributed by atoms with Gasteiger partial charge in [0, 0.05) is 17.3 Å². The zero-order valence-corrected chi connectivity index (χ0v) is 21.7. The molecule has 0 unspecified atom stereocenters. The second-order valence-corrected chi connectivity index (χ2v) is 11.7. The first-order chi connectivity index (χ1) is 17.5. The fourth-order valence-corrected chi connectivity index (χ4v) is 6.42. The topological polar surface area (TPSA) is 132 Å². The molecule has 0 radical (unpaired) electrons. The summed E-state index contributed by atoms with van der Waals surface area (Å²) in [6, 6.07) is 13.5. The number of benzene rings is 1. The van der Waals surface area contributed by atoms with E-state index in [1.807, 2.05) is 34.2 Å². The lowest BCUT2D eigenvalue weighted by atomic mass is 10.3. The van der Waals surface area contributed by atoms with E-state index in [1.165, 1.54) is 53.6 Å². The van der Waals surface area contributed by atoms with E-state index in [-0.39, 0.29) is 21.7 Å². The van der Waals surface area contributed by atoms with Gasteiger partial charge in [0.1, 0.15) is 5.76 Å². The van der Waals surface area contributed by atoms with Gasteiger partial charge < -0.3 is 9.73 Å². The van der Waals surface area contributed by atoms with Gasteiger partial charge in [-0.1, -0.05) is 17.8 Å². The molecule has 2 N–H and O–H groups in total. The number of thioether (sulfide) groups is 1. The summed E-state index contributed by atoms with van der Waals surface area (Å²) in [7, 11) is -3.76. The summed E-state index contributed by atoms with van der Waals surface area (Å²) in [5.41, 5.74) is 0.477. The third-order valence-corrected chi connectivity index (χ3v) is 8.79. The van der Waals surface area contributed by atoms with Gasteiger partial charge in [0.2, 0.25) is 5.91 Å². The predicted octanol–water partition coefficient (Wildman–Crippen LogP) is 4.64. The van der Waals surface area contributed by atoms with Gasteiger partial charge in [0.05, 0.1) is 28.3 Å². The van der Waals surface area contributed by atoms with Crippen LogP contribution in [0.15, 0.2) is 86.2 Å². The third-order valence-electron chi connectivity index (χ3n) is 4.79. The van der Waals surface area contributed by atoms with Crippen LogP contribution in [0.1, 0.15) is 5.76 Å². The number of nitrogens with zero attached hydrogens (tertiary/aromatic N) is 4. The first-order valence-corrected chi connectivity index (χ1v) is 14.7. The van der Waals surface area contributed by atoms with Crippen molar-refractivity contribution in [3.05, 3.63) is 77.5 Å². The fourth-order valence-electron chi connectivity index (χ4n) is 3.18. The van der Waals surface area contributed by atoms with E-state index in [4.69, 9.17) is 4.42 Å². The van der Waals surface area contributed by atoms with Crippen molar-refractivity contribution in [2.75, 3.05) is 15.8 Å². The van der Waals surface area contributed by atoms with Gasteiger partial charge in [-0.15, -0.1) is 32.9 Å². The molecule has 0 aliphatic heterocycles. The Balaban J connectivity index is 1.23. The second kappa shape index (κ2) is 10.7. The van der Waals surface area contributed by atoms with Gasteiger partial charge >= 0.3 is 0 Å². The van der Waals surface area contributed by atoms with Crippen LogP contribution < -0.4 is 10.0 Å². The van der Waals surface area contributed by atoms with Crippen LogP contribution in [0, 0.1) is 0 Å². The smallest absolute Gasteiger partial charge is 0.263 e. The van der Waals surface area contributed by atoms with Crippen molar-refractivity contribution in [3.8, 4) is 10.7 Å². The maximum absolute atomic E-state index is 12.6. The average Bonchev–Trinajstić information content (AvgIpc) is 3.66. The summed E-state index contributed by atoms with van der Waals surface area (Å²) in [5.74, 6) is 1.28. The van der Waals surface area contributed by atoms with Crippen molar-refractivity contribution in [1.82, 2.24) is 19.7 Å². The Labute approximate surface area is 218 Å². The van der Waals surface area contributed by atoms with E-state index >= 15 is 0 Å². The predicted molar refractivity (Wildman–Crippen MR) is 140 cm³/mol. The summed E-state index contributed by atoms with van der Waals surface area (Å²) in [4.78, 5) is 17.6. The van der Waals surface area contributed by atoms with Gasteiger partial charge in [-0.05, 0) is 47.8 Å². The number of nitrogens with one attached hydrogen (secondary N) is 2. The molecule has 14 heteroatoms. The molecule has 0 spiro atoms. The number of hydrogen-bond acceptors (Lipinski definition) is 10. The molecule has 0 saturated heterocycles. The quantitative estimate of drug-likeness (QED) is 0.237. The van der Waals surface area contributed by atoms with E-state index in [9.17, 15) is 13.2 Å². The fraction of sp³-hybridized carbons (Fsp3) is 0.0909. The highest BCUT2D eigenvalue weighted by Gasteiger charge is 2.18. The maximum atomic E-state index is 12.6. The molecule has 5 rings (SSSR count). The Hall–Kier alpha value is -3.46. The Bertz CT molecular complexity index is 1530. The molecular formula is C22H18N6O4S4. The Morgan fingerprint density at radius 3 is 2.61 bits per heavy atom. The highest BCUT2D eigenvalue weighted by molar-refractivity contribution is 7.99. The number of aromatic nitrogens is 4. The van der Waals surface area contributed by atoms with Crippen LogP contribution in [-0.4, -0.2) is 39.8 Å². The van der Waals surface area contributed by atoms with Crippen molar-refractivity contribution in [2.24, 2.45) is 0 Å². The zero-order valence-electron chi connectivity index (χ0n) is 18.4. The van der Waals surface area contributed by atoms with Crippen molar-refractivity contribution in [1.29, 1.82) is 0 Å². The molecule has 10 nitrogen and oxygen atoms in total. The van der Waals surface area contributed by atoms with Crippen molar-refractivity contribution in [2.45, 2.75) is 16.6 Å². The van der Waals surface area contributed by atoms with Crippen LogP contribution in [0.25, 0.3) is 10.7 Å². The highest BCUT2D eigenvalue weighted by atomic mass is 32.2. The third kappa shape index (κ3) is 5.67. The molecule has 0 atom stereocenters. The first kappa shape index (κ1) is 24.2. The van der Waals surface area contributed by atoms with Crippen molar-refractivity contribution >= 4 is 61.2 Å². The minimum atomic E-state index is -3.76. The molecule has 0 aliphatic rings. The number of hydrogen-bond donors (Lipinski definition) is 2. The Morgan fingerprint density at radius 1 is 1.06 bits per heavy atom. The molecule has 0 bridgehead atoms. The van der Waals surface area contributed by atoms with Crippen LogP contribution in [0.3, 0.4) is 0 Å². The lowest BCUT2D eigenvalue weighted by Gasteiger charge is -2.09. The average molecular weight is 559 g/mol. The normalized spacial score (nSPS) is 11.4. The van der Waals surface area contributed by atoms with Crippen LogP contribution in [0.5, 0.6) is 0 Å². The maximum Gasteiger partial charge on any atom is 0.263 e.